The minimum atomic E-state index is 1.01. The van der Waals surface area contributed by atoms with Gasteiger partial charge in [0, 0.05) is 23.1 Å². The van der Waals surface area contributed by atoms with Crippen LogP contribution in [0.3, 0.4) is 0 Å². The number of nitrogens with zero attached hydrogens (tertiary/aromatic N) is 1. The quantitative estimate of drug-likeness (QED) is 0.783. The first-order chi connectivity index (χ1) is 6.72. The summed E-state index contributed by atoms with van der Waals surface area (Å²) >= 11 is 5.74. The van der Waals surface area contributed by atoms with Gasteiger partial charge in [0.1, 0.15) is 0 Å². The van der Waals surface area contributed by atoms with Crippen molar-refractivity contribution in [3.63, 3.8) is 0 Å². The summed E-state index contributed by atoms with van der Waals surface area (Å²) in [7, 11) is 1.93. The van der Waals surface area contributed by atoms with E-state index in [0.717, 1.165) is 24.6 Å². The molecule has 72 valence electrons. The molecule has 1 N–H and O–H groups in total. The molecule has 1 aromatic heterocycles. The molecule has 0 aliphatic heterocycles. The summed E-state index contributed by atoms with van der Waals surface area (Å²) in [5.41, 5.74) is 2.15. The van der Waals surface area contributed by atoms with E-state index in [9.17, 15) is 0 Å². The number of nitrogens with one attached hydrogen (secondary N) is 1. The monoisotopic (exact) mass is 362 g/mol. The predicted octanol–water partition coefficient (Wildman–Crippen LogP) is 3.64. The number of hydrogen-bond donors (Lipinski definition) is 1. The van der Waals surface area contributed by atoms with E-state index in [4.69, 9.17) is 0 Å². The SMILES string of the molecule is CNc1c(I)cnc2ccc(Br)cc12. The second kappa shape index (κ2) is 4.02. The van der Waals surface area contributed by atoms with Crippen molar-refractivity contribution in [3.05, 3.63) is 32.4 Å². The van der Waals surface area contributed by atoms with Crippen LogP contribution in [0, 0.1) is 3.57 Å². The van der Waals surface area contributed by atoms with Crippen molar-refractivity contribution in [2.24, 2.45) is 0 Å². The maximum Gasteiger partial charge on any atom is 0.0724 e. The van der Waals surface area contributed by atoms with Crippen LogP contribution in [-0.4, -0.2) is 12.0 Å². The molecule has 0 spiro atoms. The molecule has 1 heterocycles. The molecule has 0 saturated carbocycles. The number of benzene rings is 1. The number of aromatic nitrogens is 1. The topological polar surface area (TPSA) is 24.9 Å². The van der Waals surface area contributed by atoms with Crippen molar-refractivity contribution in [1.82, 2.24) is 4.98 Å². The van der Waals surface area contributed by atoms with Crippen LogP contribution >= 0.6 is 38.5 Å². The van der Waals surface area contributed by atoms with Crippen molar-refractivity contribution < 1.29 is 0 Å². The molecule has 0 amide bonds. The molecular weight excluding hydrogens is 355 g/mol. The molecule has 0 aliphatic carbocycles. The van der Waals surface area contributed by atoms with Crippen molar-refractivity contribution in [1.29, 1.82) is 0 Å². The molecule has 0 saturated heterocycles. The molecule has 2 rings (SSSR count). The van der Waals surface area contributed by atoms with Crippen molar-refractivity contribution in [2.45, 2.75) is 0 Å². The van der Waals surface area contributed by atoms with Crippen molar-refractivity contribution >= 4 is 55.1 Å². The van der Waals surface area contributed by atoms with E-state index in [-0.39, 0.29) is 0 Å². The lowest BCUT2D eigenvalue weighted by atomic mass is 10.2. The molecule has 14 heavy (non-hydrogen) atoms. The summed E-state index contributed by atoms with van der Waals surface area (Å²) in [6, 6.07) is 6.09. The zero-order valence-electron chi connectivity index (χ0n) is 7.51. The van der Waals surface area contributed by atoms with Crippen molar-refractivity contribution in [2.75, 3.05) is 12.4 Å². The van der Waals surface area contributed by atoms with Gasteiger partial charge in [-0.15, -0.1) is 0 Å². The van der Waals surface area contributed by atoms with Gasteiger partial charge in [0.25, 0.3) is 0 Å². The molecule has 2 aromatic rings. The highest BCUT2D eigenvalue weighted by molar-refractivity contribution is 14.1. The fourth-order valence-corrected chi connectivity index (χ4v) is 2.46. The van der Waals surface area contributed by atoms with E-state index in [1.54, 1.807) is 0 Å². The Bertz CT molecular complexity index is 480. The minimum Gasteiger partial charge on any atom is -0.387 e. The molecule has 4 heteroatoms. The van der Waals surface area contributed by atoms with Gasteiger partial charge in [0.05, 0.1) is 14.8 Å². The van der Waals surface area contributed by atoms with Crippen molar-refractivity contribution in [3.8, 4) is 0 Å². The van der Waals surface area contributed by atoms with E-state index >= 15 is 0 Å². The Hall–Kier alpha value is -0.360. The fraction of sp³-hybridized carbons (Fsp3) is 0.100. The highest BCUT2D eigenvalue weighted by Gasteiger charge is 2.05. The maximum absolute atomic E-state index is 4.36. The van der Waals surface area contributed by atoms with Gasteiger partial charge in [-0.2, -0.15) is 0 Å². The molecule has 0 fully saturated rings. The molecule has 0 bridgehead atoms. The average Bonchev–Trinajstić information content (AvgIpc) is 2.17. The third-order valence-corrected chi connectivity index (χ3v) is 3.34. The number of hydrogen-bond acceptors (Lipinski definition) is 2. The first-order valence-electron chi connectivity index (χ1n) is 4.14. The minimum absolute atomic E-state index is 1.01. The van der Waals surface area contributed by atoms with Gasteiger partial charge in [-0.05, 0) is 40.8 Å². The Morgan fingerprint density at radius 2 is 2.21 bits per heavy atom. The first-order valence-corrected chi connectivity index (χ1v) is 6.01. The Kier molecular flexibility index (Phi) is 2.92. The van der Waals surface area contributed by atoms with Gasteiger partial charge >= 0.3 is 0 Å². The molecular formula is C10H8BrIN2. The molecule has 0 aliphatic rings. The summed E-state index contributed by atoms with van der Waals surface area (Å²) in [4.78, 5) is 4.36. The average molecular weight is 363 g/mol. The van der Waals surface area contributed by atoms with E-state index in [1.165, 1.54) is 0 Å². The largest absolute Gasteiger partial charge is 0.387 e. The van der Waals surface area contributed by atoms with Crippen LogP contribution < -0.4 is 5.32 Å². The molecule has 0 unspecified atom stereocenters. The summed E-state index contributed by atoms with van der Waals surface area (Å²) in [6.07, 6.45) is 1.88. The van der Waals surface area contributed by atoms with Gasteiger partial charge in [-0.3, -0.25) is 4.98 Å². The summed E-state index contributed by atoms with van der Waals surface area (Å²) in [6.45, 7) is 0. The smallest absolute Gasteiger partial charge is 0.0724 e. The van der Waals surface area contributed by atoms with Crippen LogP contribution in [0.4, 0.5) is 5.69 Å². The zero-order valence-corrected chi connectivity index (χ0v) is 11.3. The number of halogens is 2. The van der Waals surface area contributed by atoms with Crippen LogP contribution in [0.1, 0.15) is 0 Å². The Morgan fingerprint density at radius 3 is 2.93 bits per heavy atom. The van der Waals surface area contributed by atoms with Crippen LogP contribution in [0.2, 0.25) is 0 Å². The number of anilines is 1. The van der Waals surface area contributed by atoms with Gasteiger partial charge in [0.15, 0.2) is 0 Å². The Labute approximate surface area is 104 Å². The van der Waals surface area contributed by atoms with Gasteiger partial charge in [-0.25, -0.2) is 0 Å². The predicted molar refractivity (Wildman–Crippen MR) is 71.7 cm³/mol. The zero-order chi connectivity index (χ0) is 10.1. The van der Waals surface area contributed by atoms with Crippen LogP contribution in [0.5, 0.6) is 0 Å². The third kappa shape index (κ3) is 1.72. The van der Waals surface area contributed by atoms with Crippen LogP contribution in [-0.2, 0) is 0 Å². The fourth-order valence-electron chi connectivity index (χ4n) is 1.39. The third-order valence-electron chi connectivity index (χ3n) is 2.03. The molecule has 1 aromatic carbocycles. The summed E-state index contributed by atoms with van der Waals surface area (Å²) in [5.74, 6) is 0. The number of pyridine rings is 1. The summed E-state index contributed by atoms with van der Waals surface area (Å²) < 4.78 is 2.21. The van der Waals surface area contributed by atoms with Crippen LogP contribution in [0.25, 0.3) is 10.9 Å². The lowest BCUT2D eigenvalue weighted by molar-refractivity contribution is 1.37. The van der Waals surface area contributed by atoms with Gasteiger partial charge in [-0.1, -0.05) is 15.9 Å². The first kappa shape index (κ1) is 10.2. The number of rotatable bonds is 1. The van der Waals surface area contributed by atoms with E-state index in [1.807, 2.05) is 25.4 Å². The molecule has 2 nitrogen and oxygen atoms in total. The standard InChI is InChI=1S/C10H8BrIN2/c1-13-10-7-4-6(11)2-3-9(7)14-5-8(10)12/h2-5H,1H3,(H,13,14). The molecule has 0 radical (unpaired) electrons. The molecule has 0 atom stereocenters. The Morgan fingerprint density at radius 1 is 1.43 bits per heavy atom. The van der Waals surface area contributed by atoms with E-state index in [2.05, 4.69) is 54.9 Å². The second-order valence-corrected chi connectivity index (χ2v) is 4.97. The van der Waals surface area contributed by atoms with Gasteiger partial charge in [0.2, 0.25) is 0 Å². The number of fused-ring (bicyclic) bond motifs is 1. The van der Waals surface area contributed by atoms with Crippen LogP contribution in [0.15, 0.2) is 28.9 Å². The van der Waals surface area contributed by atoms with Gasteiger partial charge < -0.3 is 5.32 Å². The maximum atomic E-state index is 4.36. The van der Waals surface area contributed by atoms with E-state index in [0.29, 0.717) is 0 Å². The highest BCUT2D eigenvalue weighted by Crippen LogP contribution is 2.28. The lowest BCUT2D eigenvalue weighted by Crippen LogP contribution is -1.94. The Balaban J connectivity index is 2.84. The summed E-state index contributed by atoms with van der Waals surface area (Å²) in [5, 5.41) is 4.34. The normalized spacial score (nSPS) is 10.5. The second-order valence-electron chi connectivity index (χ2n) is 2.89. The highest BCUT2D eigenvalue weighted by atomic mass is 127. The van der Waals surface area contributed by atoms with E-state index < -0.39 is 0 Å². The lowest BCUT2D eigenvalue weighted by Gasteiger charge is -2.07.